The van der Waals surface area contributed by atoms with Crippen LogP contribution in [0, 0.1) is 0 Å². The summed E-state index contributed by atoms with van der Waals surface area (Å²) in [5.74, 6) is 0. The first-order valence-electron chi connectivity index (χ1n) is 4.24. The lowest BCUT2D eigenvalue weighted by atomic mass is 10.1. The number of rotatable bonds is 2. The topological polar surface area (TPSA) is 20.3 Å². The number of allylic oxidation sites excluding steroid dienone is 3. The summed E-state index contributed by atoms with van der Waals surface area (Å²) in [6.45, 7) is 0. The van der Waals surface area contributed by atoms with Crippen LogP contribution in [0.4, 0.5) is 0 Å². The summed E-state index contributed by atoms with van der Waals surface area (Å²) in [6.07, 6.45) is 9.05. The van der Waals surface area contributed by atoms with Gasteiger partial charge in [0.25, 0.3) is 0 Å². The Balaban J connectivity index is 2.74. The summed E-state index contributed by atoms with van der Waals surface area (Å²) < 4.78 is 0. The lowest BCUT2D eigenvalue weighted by molar-refractivity contribution is -0.104. The Kier molecular flexibility index (Phi) is 3.23. The van der Waals surface area contributed by atoms with Crippen LogP contribution >= 0.6 is 0 Å². The normalized spacial score (nSPS) is 23.6. The molecule has 1 rings (SSSR count). The van der Waals surface area contributed by atoms with E-state index in [0.717, 1.165) is 24.7 Å². The van der Waals surface area contributed by atoms with E-state index in [2.05, 4.69) is 11.0 Å². The van der Waals surface area contributed by atoms with Gasteiger partial charge >= 0.3 is 0 Å². The molecule has 0 spiro atoms. The lowest BCUT2D eigenvalue weighted by Crippen LogP contribution is -2.25. The van der Waals surface area contributed by atoms with E-state index in [-0.39, 0.29) is 0 Å². The smallest absolute Gasteiger partial charge is 0.149 e. The van der Waals surface area contributed by atoms with Gasteiger partial charge < -0.3 is 4.90 Å². The quantitative estimate of drug-likeness (QED) is 0.576. The van der Waals surface area contributed by atoms with E-state index in [1.54, 1.807) is 0 Å². The van der Waals surface area contributed by atoms with Gasteiger partial charge in [-0.25, -0.2) is 0 Å². The molecular weight excluding hydrogens is 150 g/mol. The number of likely N-dealkylation sites (N-methyl/N-ethyl adjacent to an activating group) is 1. The number of carbonyl (C=O) groups excluding carboxylic acids is 1. The van der Waals surface area contributed by atoms with E-state index in [1.807, 2.05) is 26.2 Å². The van der Waals surface area contributed by atoms with Gasteiger partial charge in [-0.3, -0.25) is 4.79 Å². The standard InChI is InChI=1S/C10H15NO/c1-11(2)10-6-4-3-5-9(7-10)8-12/h3,5,7-8,10H,4,6H2,1-2H3. The Morgan fingerprint density at radius 1 is 1.58 bits per heavy atom. The van der Waals surface area contributed by atoms with Crippen molar-refractivity contribution < 1.29 is 4.79 Å². The fraction of sp³-hybridized carbons (Fsp3) is 0.500. The van der Waals surface area contributed by atoms with E-state index < -0.39 is 0 Å². The Bertz CT molecular complexity index is 216. The predicted octanol–water partition coefficient (Wildman–Crippen LogP) is 1.39. The summed E-state index contributed by atoms with van der Waals surface area (Å²) in [5.41, 5.74) is 0.797. The molecule has 2 heteroatoms. The van der Waals surface area contributed by atoms with E-state index in [9.17, 15) is 4.79 Å². The highest BCUT2D eigenvalue weighted by atomic mass is 16.1. The minimum absolute atomic E-state index is 0.403. The van der Waals surface area contributed by atoms with Gasteiger partial charge in [0.15, 0.2) is 0 Å². The Morgan fingerprint density at radius 3 is 2.92 bits per heavy atom. The predicted molar refractivity (Wildman–Crippen MR) is 50.0 cm³/mol. The summed E-state index contributed by atoms with van der Waals surface area (Å²) in [5, 5.41) is 0. The molecule has 1 unspecified atom stereocenters. The summed E-state index contributed by atoms with van der Waals surface area (Å²) in [7, 11) is 4.07. The SMILES string of the molecule is CN(C)C1C=C(C=O)C=CCC1. The maximum Gasteiger partial charge on any atom is 0.149 e. The maximum atomic E-state index is 10.5. The molecule has 0 saturated carbocycles. The van der Waals surface area contributed by atoms with Gasteiger partial charge in [-0.05, 0) is 26.9 Å². The molecule has 0 aromatic carbocycles. The highest BCUT2D eigenvalue weighted by Crippen LogP contribution is 2.12. The molecule has 66 valence electrons. The minimum atomic E-state index is 0.403. The summed E-state index contributed by atoms with van der Waals surface area (Å²) >= 11 is 0. The molecule has 1 atom stereocenters. The number of carbonyl (C=O) groups is 1. The van der Waals surface area contributed by atoms with Crippen molar-refractivity contribution in [2.75, 3.05) is 14.1 Å². The first-order valence-corrected chi connectivity index (χ1v) is 4.24. The van der Waals surface area contributed by atoms with Crippen molar-refractivity contribution in [2.45, 2.75) is 18.9 Å². The molecule has 12 heavy (non-hydrogen) atoms. The van der Waals surface area contributed by atoms with E-state index in [4.69, 9.17) is 0 Å². The molecule has 0 amide bonds. The van der Waals surface area contributed by atoms with Crippen LogP contribution in [0.1, 0.15) is 12.8 Å². The molecule has 0 aromatic rings. The number of hydrogen-bond acceptors (Lipinski definition) is 2. The molecule has 2 nitrogen and oxygen atoms in total. The zero-order valence-electron chi connectivity index (χ0n) is 7.66. The van der Waals surface area contributed by atoms with Crippen molar-refractivity contribution >= 4 is 6.29 Å². The van der Waals surface area contributed by atoms with Crippen molar-refractivity contribution in [1.82, 2.24) is 4.90 Å². The Hall–Kier alpha value is -0.890. The number of nitrogens with zero attached hydrogens (tertiary/aromatic N) is 1. The van der Waals surface area contributed by atoms with E-state index in [1.165, 1.54) is 0 Å². The monoisotopic (exact) mass is 165 g/mol. The molecule has 0 bridgehead atoms. The van der Waals surface area contributed by atoms with E-state index >= 15 is 0 Å². The molecule has 1 aliphatic rings. The molecule has 0 aliphatic heterocycles. The molecule has 0 heterocycles. The third kappa shape index (κ3) is 2.31. The van der Waals surface area contributed by atoms with Crippen molar-refractivity contribution in [3.05, 3.63) is 23.8 Å². The van der Waals surface area contributed by atoms with Crippen LogP contribution in [0.3, 0.4) is 0 Å². The van der Waals surface area contributed by atoms with E-state index in [0.29, 0.717) is 6.04 Å². The van der Waals surface area contributed by atoms with Gasteiger partial charge in [0.1, 0.15) is 6.29 Å². The second kappa shape index (κ2) is 4.21. The summed E-state index contributed by atoms with van der Waals surface area (Å²) in [6, 6.07) is 0.403. The molecule has 1 aliphatic carbocycles. The van der Waals surface area contributed by atoms with Gasteiger partial charge in [-0.2, -0.15) is 0 Å². The molecular formula is C10H15NO. The van der Waals surface area contributed by atoms with Gasteiger partial charge in [-0.15, -0.1) is 0 Å². The Morgan fingerprint density at radius 2 is 2.33 bits per heavy atom. The van der Waals surface area contributed by atoms with Crippen molar-refractivity contribution in [2.24, 2.45) is 0 Å². The number of hydrogen-bond donors (Lipinski definition) is 0. The van der Waals surface area contributed by atoms with Crippen LogP contribution in [0.2, 0.25) is 0 Å². The Labute approximate surface area is 73.6 Å². The third-order valence-electron chi connectivity index (χ3n) is 2.12. The van der Waals surface area contributed by atoms with Crippen LogP contribution in [-0.2, 0) is 4.79 Å². The van der Waals surface area contributed by atoms with Crippen LogP contribution in [0.25, 0.3) is 0 Å². The second-order valence-corrected chi connectivity index (χ2v) is 3.30. The van der Waals surface area contributed by atoms with Crippen molar-refractivity contribution in [3.63, 3.8) is 0 Å². The van der Waals surface area contributed by atoms with Crippen LogP contribution in [-0.4, -0.2) is 31.3 Å². The zero-order chi connectivity index (χ0) is 8.97. The fourth-order valence-electron chi connectivity index (χ4n) is 1.33. The molecule has 0 aromatic heterocycles. The van der Waals surface area contributed by atoms with Gasteiger partial charge in [-0.1, -0.05) is 18.2 Å². The molecule has 0 fully saturated rings. The second-order valence-electron chi connectivity index (χ2n) is 3.30. The number of aldehydes is 1. The lowest BCUT2D eigenvalue weighted by Gasteiger charge is -2.19. The van der Waals surface area contributed by atoms with Gasteiger partial charge in [0.2, 0.25) is 0 Å². The molecule has 0 N–H and O–H groups in total. The largest absolute Gasteiger partial charge is 0.303 e. The first-order chi connectivity index (χ1) is 5.74. The highest BCUT2D eigenvalue weighted by Gasteiger charge is 2.09. The van der Waals surface area contributed by atoms with Crippen molar-refractivity contribution in [3.8, 4) is 0 Å². The average molecular weight is 165 g/mol. The summed E-state index contributed by atoms with van der Waals surface area (Å²) in [4.78, 5) is 12.7. The van der Waals surface area contributed by atoms with Crippen LogP contribution in [0.5, 0.6) is 0 Å². The van der Waals surface area contributed by atoms with Gasteiger partial charge in [0, 0.05) is 11.6 Å². The van der Waals surface area contributed by atoms with Crippen molar-refractivity contribution in [1.29, 1.82) is 0 Å². The third-order valence-corrected chi connectivity index (χ3v) is 2.12. The molecule has 0 saturated heterocycles. The highest BCUT2D eigenvalue weighted by molar-refractivity contribution is 5.77. The average Bonchev–Trinajstić information content (AvgIpc) is 2.28. The maximum absolute atomic E-state index is 10.5. The van der Waals surface area contributed by atoms with Gasteiger partial charge in [0.05, 0.1) is 0 Å². The zero-order valence-corrected chi connectivity index (χ0v) is 7.66. The van der Waals surface area contributed by atoms with Crippen LogP contribution in [0.15, 0.2) is 23.8 Å². The minimum Gasteiger partial charge on any atom is -0.303 e. The molecule has 0 radical (unpaired) electrons. The van der Waals surface area contributed by atoms with Crippen LogP contribution < -0.4 is 0 Å². The first kappa shape index (κ1) is 9.20. The fourth-order valence-corrected chi connectivity index (χ4v) is 1.33.